The summed E-state index contributed by atoms with van der Waals surface area (Å²) in [6.07, 6.45) is 0. The van der Waals surface area contributed by atoms with Gasteiger partial charge in [0.25, 0.3) is 11.6 Å². The third-order valence-electron chi connectivity index (χ3n) is 2.83. The highest BCUT2D eigenvalue weighted by Gasteiger charge is 2.15. The second-order valence-corrected chi connectivity index (χ2v) is 4.22. The highest BCUT2D eigenvalue weighted by molar-refractivity contribution is 6.05. The van der Waals surface area contributed by atoms with E-state index in [2.05, 4.69) is 5.32 Å². The van der Waals surface area contributed by atoms with Gasteiger partial charge in [0.05, 0.1) is 23.8 Å². The highest BCUT2D eigenvalue weighted by Crippen LogP contribution is 2.29. The smallest absolute Gasteiger partial charge is 0.273 e. The third kappa shape index (κ3) is 3.17. The van der Waals surface area contributed by atoms with Crippen molar-refractivity contribution in [2.75, 3.05) is 12.4 Å². The number of halogens is 2. The lowest BCUT2D eigenvalue weighted by Crippen LogP contribution is -2.13. The number of hydrogen-bond donors (Lipinski definition) is 1. The molecule has 0 saturated carbocycles. The predicted molar refractivity (Wildman–Crippen MR) is 74.0 cm³/mol. The first-order valence-corrected chi connectivity index (χ1v) is 6.01. The first-order chi connectivity index (χ1) is 10.4. The normalized spacial score (nSPS) is 10.1. The minimum Gasteiger partial charge on any atom is -0.494 e. The molecule has 8 heteroatoms. The van der Waals surface area contributed by atoms with Gasteiger partial charge in [-0.25, -0.2) is 8.78 Å². The van der Waals surface area contributed by atoms with Crippen LogP contribution < -0.4 is 10.1 Å². The minimum absolute atomic E-state index is 0.0742. The Balaban J connectivity index is 2.27. The van der Waals surface area contributed by atoms with Crippen LogP contribution in [0.5, 0.6) is 5.75 Å². The molecule has 2 aromatic rings. The van der Waals surface area contributed by atoms with Gasteiger partial charge < -0.3 is 10.1 Å². The van der Waals surface area contributed by atoms with Crippen molar-refractivity contribution >= 4 is 17.3 Å². The molecule has 0 spiro atoms. The lowest BCUT2D eigenvalue weighted by molar-refractivity contribution is -0.384. The molecule has 0 heterocycles. The van der Waals surface area contributed by atoms with Gasteiger partial charge in [-0.05, 0) is 24.3 Å². The second kappa shape index (κ2) is 6.17. The number of nitro groups is 1. The zero-order chi connectivity index (χ0) is 16.3. The van der Waals surface area contributed by atoms with Crippen LogP contribution >= 0.6 is 0 Å². The molecule has 0 unspecified atom stereocenters. The molecular weight excluding hydrogens is 298 g/mol. The summed E-state index contributed by atoms with van der Waals surface area (Å²) in [7, 11) is 1.28. The largest absolute Gasteiger partial charge is 0.494 e. The number of nitrogens with zero attached hydrogens (tertiary/aromatic N) is 1. The quantitative estimate of drug-likeness (QED) is 0.695. The fraction of sp³-hybridized carbons (Fsp3) is 0.0714. The fourth-order valence-corrected chi connectivity index (χ4v) is 1.73. The number of nitrogens with one attached hydrogen (secondary N) is 1. The molecule has 0 saturated heterocycles. The maximum atomic E-state index is 13.1. The van der Waals surface area contributed by atoms with Crippen molar-refractivity contribution in [2.45, 2.75) is 0 Å². The average Bonchev–Trinajstić information content (AvgIpc) is 2.50. The maximum Gasteiger partial charge on any atom is 0.273 e. The van der Waals surface area contributed by atoms with Gasteiger partial charge in [-0.2, -0.15) is 0 Å². The zero-order valence-corrected chi connectivity index (χ0v) is 11.3. The average molecular weight is 308 g/mol. The fourth-order valence-electron chi connectivity index (χ4n) is 1.73. The number of carbonyl (C=O) groups excluding carboxylic acids is 1. The molecule has 0 aliphatic heterocycles. The van der Waals surface area contributed by atoms with Gasteiger partial charge in [0.1, 0.15) is 5.75 Å². The summed E-state index contributed by atoms with van der Waals surface area (Å²) in [5.74, 6) is -2.84. The summed E-state index contributed by atoms with van der Waals surface area (Å²) in [4.78, 5) is 22.0. The van der Waals surface area contributed by atoms with Gasteiger partial charge in [0, 0.05) is 11.6 Å². The number of anilines is 1. The van der Waals surface area contributed by atoms with Gasteiger partial charge in [-0.3, -0.25) is 14.9 Å². The minimum atomic E-state index is -1.15. The van der Waals surface area contributed by atoms with Crippen molar-refractivity contribution in [1.82, 2.24) is 0 Å². The topological polar surface area (TPSA) is 81.5 Å². The van der Waals surface area contributed by atoms with E-state index in [1.807, 2.05) is 0 Å². The Bertz CT molecular complexity index is 750. The predicted octanol–water partition coefficient (Wildman–Crippen LogP) is 3.13. The number of amides is 1. The Morgan fingerprint density at radius 1 is 1.18 bits per heavy atom. The van der Waals surface area contributed by atoms with Crippen LogP contribution in [0, 0.1) is 21.7 Å². The molecule has 1 amide bonds. The summed E-state index contributed by atoms with van der Waals surface area (Å²) in [6, 6.07) is 6.31. The van der Waals surface area contributed by atoms with Crippen LogP contribution in [0.2, 0.25) is 0 Å². The van der Waals surface area contributed by atoms with E-state index in [9.17, 15) is 23.7 Å². The van der Waals surface area contributed by atoms with Crippen molar-refractivity contribution in [2.24, 2.45) is 0 Å². The van der Waals surface area contributed by atoms with Gasteiger partial charge in [-0.15, -0.1) is 0 Å². The van der Waals surface area contributed by atoms with Crippen LogP contribution in [0.1, 0.15) is 10.4 Å². The van der Waals surface area contributed by atoms with Crippen molar-refractivity contribution in [3.63, 3.8) is 0 Å². The Kier molecular flexibility index (Phi) is 4.31. The molecule has 0 aliphatic carbocycles. The lowest BCUT2D eigenvalue weighted by atomic mass is 10.2. The Morgan fingerprint density at radius 3 is 2.50 bits per heavy atom. The molecule has 22 heavy (non-hydrogen) atoms. The van der Waals surface area contributed by atoms with Crippen molar-refractivity contribution in [1.29, 1.82) is 0 Å². The van der Waals surface area contributed by atoms with E-state index in [0.29, 0.717) is 0 Å². The first-order valence-electron chi connectivity index (χ1n) is 6.01. The molecule has 2 rings (SSSR count). The van der Waals surface area contributed by atoms with E-state index in [-0.39, 0.29) is 22.7 Å². The molecule has 2 aromatic carbocycles. The number of methoxy groups -OCH3 is 1. The Morgan fingerprint density at radius 2 is 1.91 bits per heavy atom. The number of ether oxygens (including phenoxy) is 1. The maximum absolute atomic E-state index is 13.1. The van der Waals surface area contributed by atoms with E-state index in [1.165, 1.54) is 19.2 Å². The molecule has 0 fully saturated rings. The summed E-state index contributed by atoms with van der Waals surface area (Å²) in [5, 5.41) is 13.1. The van der Waals surface area contributed by atoms with Gasteiger partial charge in [0.2, 0.25) is 0 Å². The van der Waals surface area contributed by atoms with Crippen molar-refractivity contribution < 1.29 is 23.2 Å². The Hall–Kier alpha value is -3.03. The monoisotopic (exact) mass is 308 g/mol. The molecule has 0 aliphatic rings. The van der Waals surface area contributed by atoms with Crippen molar-refractivity contribution in [3.8, 4) is 5.75 Å². The number of carbonyl (C=O) groups is 1. The van der Waals surface area contributed by atoms with E-state index >= 15 is 0 Å². The molecule has 6 nitrogen and oxygen atoms in total. The zero-order valence-electron chi connectivity index (χ0n) is 11.3. The molecule has 0 atom stereocenters. The number of nitro benzene ring substituents is 1. The summed E-state index contributed by atoms with van der Waals surface area (Å²) >= 11 is 0. The van der Waals surface area contributed by atoms with E-state index in [4.69, 9.17) is 4.74 Å². The standard InChI is InChI=1S/C14H10F2N2O4/c1-22-13-7-9(18(20)21)3-5-12(13)17-14(19)8-2-4-10(15)11(16)6-8/h2-7H,1H3,(H,17,19). The van der Waals surface area contributed by atoms with E-state index in [0.717, 1.165) is 24.3 Å². The van der Waals surface area contributed by atoms with Gasteiger partial charge in [-0.1, -0.05) is 0 Å². The van der Waals surface area contributed by atoms with E-state index in [1.54, 1.807) is 0 Å². The summed E-state index contributed by atoms with van der Waals surface area (Å²) in [6.45, 7) is 0. The van der Waals surface area contributed by atoms with Crippen molar-refractivity contribution in [3.05, 3.63) is 63.7 Å². The molecule has 114 valence electrons. The molecule has 0 bridgehead atoms. The molecule has 1 N–H and O–H groups in total. The lowest BCUT2D eigenvalue weighted by Gasteiger charge is -2.10. The number of hydrogen-bond acceptors (Lipinski definition) is 4. The van der Waals surface area contributed by atoms with Crippen LogP contribution in [-0.2, 0) is 0 Å². The Labute approximate surface area is 123 Å². The molecule has 0 radical (unpaired) electrons. The SMILES string of the molecule is COc1cc([N+](=O)[O-])ccc1NC(=O)c1ccc(F)c(F)c1. The molecular formula is C14H10F2N2O4. The van der Waals surface area contributed by atoms with Crippen LogP contribution in [0.15, 0.2) is 36.4 Å². The first kappa shape index (κ1) is 15.4. The second-order valence-electron chi connectivity index (χ2n) is 4.22. The van der Waals surface area contributed by atoms with E-state index < -0.39 is 22.5 Å². The van der Waals surface area contributed by atoms with Crippen LogP contribution in [0.3, 0.4) is 0 Å². The third-order valence-corrected chi connectivity index (χ3v) is 2.83. The molecule has 0 aromatic heterocycles. The van der Waals surface area contributed by atoms with Gasteiger partial charge in [0.15, 0.2) is 11.6 Å². The van der Waals surface area contributed by atoms with Gasteiger partial charge >= 0.3 is 0 Å². The van der Waals surface area contributed by atoms with Crippen LogP contribution in [-0.4, -0.2) is 17.9 Å². The number of benzene rings is 2. The number of rotatable bonds is 4. The van der Waals surface area contributed by atoms with Crippen LogP contribution in [0.4, 0.5) is 20.2 Å². The van der Waals surface area contributed by atoms with Crippen LogP contribution in [0.25, 0.3) is 0 Å². The summed E-state index contributed by atoms with van der Waals surface area (Å²) in [5.41, 5.74) is -0.134. The highest BCUT2D eigenvalue weighted by atomic mass is 19.2. The summed E-state index contributed by atoms with van der Waals surface area (Å²) < 4.78 is 30.9. The number of non-ortho nitro benzene ring substituents is 1.